The van der Waals surface area contributed by atoms with Gasteiger partial charge in [-0.25, -0.2) is 4.39 Å². The van der Waals surface area contributed by atoms with Gasteiger partial charge in [0.25, 0.3) is 0 Å². The van der Waals surface area contributed by atoms with Crippen LogP contribution in [0.2, 0.25) is 0 Å². The molecule has 0 N–H and O–H groups in total. The lowest BCUT2D eigenvalue weighted by atomic mass is 9.97. The van der Waals surface area contributed by atoms with Gasteiger partial charge in [0, 0.05) is 5.56 Å². The lowest BCUT2D eigenvalue weighted by Gasteiger charge is -2.48. The fourth-order valence-electron chi connectivity index (χ4n) is 1.56. The van der Waals surface area contributed by atoms with Crippen molar-refractivity contribution in [3.05, 3.63) is 48.3 Å². The Morgan fingerprint density at radius 2 is 1.72 bits per heavy atom. The van der Waals surface area contributed by atoms with Crippen LogP contribution in [0.3, 0.4) is 0 Å². The molecule has 0 bridgehead atoms. The predicted molar refractivity (Wildman–Crippen MR) is 51.9 cm³/mol. The highest BCUT2D eigenvalue weighted by Gasteiger charge is 2.57. The summed E-state index contributed by atoms with van der Waals surface area (Å²) in [5.74, 6) is -1.44. The second-order valence-electron chi connectivity index (χ2n) is 3.45. The Bertz CT molecular complexity index is 508. The fourth-order valence-corrected chi connectivity index (χ4v) is 2.57. The first-order chi connectivity index (χ1) is 8.08. The molecule has 0 amide bonds. The van der Waals surface area contributed by atoms with Crippen molar-refractivity contribution >= 4 is 7.60 Å². The van der Waals surface area contributed by atoms with E-state index in [0.717, 1.165) is 12.1 Å². The molecular formula is C10H7F4O3P-2. The van der Waals surface area contributed by atoms with Gasteiger partial charge in [0.2, 0.25) is 0 Å². The summed E-state index contributed by atoms with van der Waals surface area (Å²) in [5.41, 5.74) is -1.28. The zero-order valence-electron chi connectivity index (χ0n) is 8.78. The molecule has 1 rings (SSSR count). The van der Waals surface area contributed by atoms with Gasteiger partial charge in [-0.05, 0) is 13.7 Å². The van der Waals surface area contributed by atoms with Crippen LogP contribution in [-0.2, 0) is 9.72 Å². The van der Waals surface area contributed by atoms with E-state index in [4.69, 9.17) is 0 Å². The topological polar surface area (TPSA) is 63.2 Å². The summed E-state index contributed by atoms with van der Waals surface area (Å²) in [5, 5.41) is -3.97. The highest BCUT2D eigenvalue weighted by atomic mass is 31.2. The molecule has 0 spiro atoms. The Balaban J connectivity index is 3.74. The maximum Gasteiger partial charge on any atom is 0.406 e. The van der Waals surface area contributed by atoms with Crippen LogP contribution in [0.4, 0.5) is 17.6 Å². The molecule has 3 nitrogen and oxygen atoms in total. The van der Waals surface area contributed by atoms with Crippen LogP contribution >= 0.6 is 7.60 Å². The molecule has 0 aliphatic rings. The van der Waals surface area contributed by atoms with Crippen molar-refractivity contribution in [3.63, 3.8) is 0 Å². The van der Waals surface area contributed by atoms with Crippen molar-refractivity contribution in [2.45, 2.75) is 11.3 Å². The Hall–Kier alpha value is -1.17. The summed E-state index contributed by atoms with van der Waals surface area (Å²) in [6.45, 7) is 2.72. The van der Waals surface area contributed by atoms with Gasteiger partial charge in [0.15, 0.2) is 0 Å². The summed E-state index contributed by atoms with van der Waals surface area (Å²) in [7, 11) is -6.26. The van der Waals surface area contributed by atoms with E-state index in [1.165, 1.54) is 0 Å². The van der Waals surface area contributed by atoms with Gasteiger partial charge in [0.05, 0.1) is 0 Å². The van der Waals surface area contributed by atoms with E-state index in [0.29, 0.717) is 12.1 Å². The third-order valence-electron chi connectivity index (χ3n) is 2.44. The molecule has 0 aliphatic carbocycles. The molecule has 0 aliphatic heterocycles. The Kier molecular flexibility index (Phi) is 3.72. The first kappa shape index (κ1) is 14.9. The van der Waals surface area contributed by atoms with Gasteiger partial charge < -0.3 is 14.4 Å². The third-order valence-corrected chi connectivity index (χ3v) is 3.99. The number of rotatable bonds is 3. The maximum atomic E-state index is 13.4. The number of benzene rings is 1. The minimum absolute atomic E-state index is 0.0911. The maximum absolute atomic E-state index is 13.4. The van der Waals surface area contributed by atoms with Crippen LogP contribution in [0.25, 0.3) is 0 Å². The van der Waals surface area contributed by atoms with Gasteiger partial charge in [0.1, 0.15) is 11.0 Å². The Labute approximate surface area is 99.9 Å². The van der Waals surface area contributed by atoms with Crippen molar-refractivity contribution in [1.29, 1.82) is 0 Å². The second kappa shape index (κ2) is 4.50. The highest BCUT2D eigenvalue weighted by molar-refractivity contribution is 7.50. The zero-order valence-corrected chi connectivity index (χ0v) is 9.67. The Morgan fingerprint density at radius 1 is 1.22 bits per heavy atom. The number of hydrogen-bond donors (Lipinski definition) is 0. The average Bonchev–Trinajstić information content (AvgIpc) is 2.18. The molecular weight excluding hydrogens is 275 g/mol. The van der Waals surface area contributed by atoms with E-state index >= 15 is 0 Å². The summed E-state index contributed by atoms with van der Waals surface area (Å²) >= 11 is 0. The molecule has 8 heteroatoms. The SMILES string of the molecule is C=CC(c1ccccc1F)(C(F)(F)F)P(=O)([O-])[O-]. The zero-order chi connectivity index (χ0) is 14.2. The molecule has 0 heterocycles. The minimum Gasteiger partial charge on any atom is -0.810 e. The highest BCUT2D eigenvalue weighted by Crippen LogP contribution is 2.60. The number of halogens is 4. The van der Waals surface area contributed by atoms with E-state index in [-0.39, 0.29) is 6.08 Å². The number of allylic oxidation sites excluding steroid dienone is 1. The van der Waals surface area contributed by atoms with E-state index in [1.807, 2.05) is 0 Å². The lowest BCUT2D eigenvalue weighted by Crippen LogP contribution is -2.47. The smallest absolute Gasteiger partial charge is 0.406 e. The molecule has 0 fully saturated rings. The predicted octanol–water partition coefficient (Wildman–Crippen LogP) is 1.68. The number of hydrogen-bond acceptors (Lipinski definition) is 3. The molecule has 18 heavy (non-hydrogen) atoms. The summed E-state index contributed by atoms with van der Waals surface area (Å²) in [6, 6.07) is 3.30. The molecule has 0 radical (unpaired) electrons. The molecule has 100 valence electrons. The first-order valence-corrected chi connectivity index (χ1v) is 6.09. The van der Waals surface area contributed by atoms with Crippen molar-refractivity contribution < 1.29 is 31.9 Å². The van der Waals surface area contributed by atoms with Crippen LogP contribution < -0.4 is 9.79 Å². The summed E-state index contributed by atoms with van der Waals surface area (Å²) in [4.78, 5) is 22.0. The molecule has 1 aromatic carbocycles. The van der Waals surface area contributed by atoms with Gasteiger partial charge >= 0.3 is 6.18 Å². The third kappa shape index (κ3) is 2.09. The van der Waals surface area contributed by atoms with Gasteiger partial charge in [-0.2, -0.15) is 13.2 Å². The van der Waals surface area contributed by atoms with Crippen molar-refractivity contribution in [1.82, 2.24) is 0 Å². The van der Waals surface area contributed by atoms with E-state index < -0.39 is 30.3 Å². The van der Waals surface area contributed by atoms with Crippen molar-refractivity contribution in [3.8, 4) is 0 Å². The molecule has 0 saturated carbocycles. The summed E-state index contributed by atoms with van der Waals surface area (Å²) < 4.78 is 63.2. The minimum atomic E-state index is -6.26. The fraction of sp³-hybridized carbons (Fsp3) is 0.200. The van der Waals surface area contributed by atoms with E-state index in [2.05, 4.69) is 6.58 Å². The first-order valence-electron chi connectivity index (χ1n) is 4.55. The molecule has 0 aromatic heterocycles. The van der Waals surface area contributed by atoms with Gasteiger partial charge in [-0.1, -0.05) is 24.3 Å². The van der Waals surface area contributed by atoms with Crippen LogP contribution in [0.5, 0.6) is 0 Å². The van der Waals surface area contributed by atoms with E-state index in [9.17, 15) is 31.9 Å². The largest absolute Gasteiger partial charge is 0.810 e. The summed E-state index contributed by atoms with van der Waals surface area (Å²) in [6.07, 6.45) is -5.60. The van der Waals surface area contributed by atoms with Gasteiger partial charge in [-0.15, -0.1) is 6.58 Å². The van der Waals surface area contributed by atoms with Gasteiger partial charge in [-0.3, -0.25) is 0 Å². The van der Waals surface area contributed by atoms with Crippen LogP contribution in [0.15, 0.2) is 36.9 Å². The molecule has 1 unspecified atom stereocenters. The van der Waals surface area contributed by atoms with Crippen LogP contribution in [0.1, 0.15) is 5.56 Å². The number of alkyl halides is 3. The molecule has 0 saturated heterocycles. The lowest BCUT2D eigenvalue weighted by molar-refractivity contribution is -0.331. The monoisotopic (exact) mass is 282 g/mol. The van der Waals surface area contributed by atoms with Crippen molar-refractivity contribution in [2.75, 3.05) is 0 Å². The molecule has 1 atom stereocenters. The van der Waals surface area contributed by atoms with Crippen LogP contribution in [-0.4, -0.2) is 6.18 Å². The second-order valence-corrected chi connectivity index (χ2v) is 5.15. The quantitative estimate of drug-likeness (QED) is 0.481. The van der Waals surface area contributed by atoms with Crippen molar-refractivity contribution in [2.24, 2.45) is 0 Å². The average molecular weight is 282 g/mol. The van der Waals surface area contributed by atoms with Crippen LogP contribution in [0, 0.1) is 5.82 Å². The molecule has 1 aromatic rings. The Morgan fingerprint density at radius 3 is 2.06 bits per heavy atom. The normalized spacial score (nSPS) is 16.1. The van der Waals surface area contributed by atoms with E-state index in [1.54, 1.807) is 0 Å². The standard InChI is InChI=1S/C10H9F4O3P/c1-2-9(10(12,13)14,18(15,16)17)7-5-3-4-6-8(7)11/h2-6H,1H2,(H2,15,16,17)/p-2.